The van der Waals surface area contributed by atoms with Crippen molar-refractivity contribution in [3.8, 4) is 0 Å². The Bertz CT molecular complexity index is 135. The molecule has 0 heterocycles. The van der Waals surface area contributed by atoms with Crippen molar-refractivity contribution in [3.63, 3.8) is 0 Å². The molecule has 0 aromatic carbocycles. The number of nitrogens with two attached hydrogens (primary N) is 1. The molecular formula is C7H14ClNO2S. The lowest BCUT2D eigenvalue weighted by atomic mass is 10.2. The second-order valence-electron chi connectivity index (χ2n) is 2.39. The Morgan fingerprint density at radius 3 is 2.75 bits per heavy atom. The molecule has 0 amide bonds. The maximum absolute atomic E-state index is 10.3. The van der Waals surface area contributed by atoms with E-state index in [0.717, 1.165) is 17.9 Å². The summed E-state index contributed by atoms with van der Waals surface area (Å²) in [6.45, 7) is 0. The molecule has 0 aliphatic heterocycles. The number of aliphatic carboxylic acids is 1. The molecule has 0 fully saturated rings. The molecule has 0 radical (unpaired) electrons. The molecule has 0 saturated carbocycles. The molecule has 5 heteroatoms. The minimum atomic E-state index is -0.923. The molecule has 0 saturated heterocycles. The molecule has 0 aliphatic rings. The van der Waals surface area contributed by atoms with E-state index in [9.17, 15) is 4.79 Å². The summed E-state index contributed by atoms with van der Waals surface area (Å²) in [5, 5.41) is 8.43. The average Bonchev–Trinajstić information content (AvgIpc) is 2.03. The van der Waals surface area contributed by atoms with Gasteiger partial charge >= 0.3 is 5.97 Å². The van der Waals surface area contributed by atoms with Crippen molar-refractivity contribution >= 4 is 29.3 Å². The summed E-state index contributed by atoms with van der Waals surface area (Å²) >= 11 is 7.16. The summed E-state index contributed by atoms with van der Waals surface area (Å²) in [4.78, 5) is 10.3. The van der Waals surface area contributed by atoms with Gasteiger partial charge in [-0.1, -0.05) is 0 Å². The molecule has 1 unspecified atom stereocenters. The molecule has 1 atom stereocenters. The third-order valence-electron chi connectivity index (χ3n) is 1.31. The highest BCUT2D eigenvalue weighted by molar-refractivity contribution is 7.99. The Labute approximate surface area is 81.7 Å². The van der Waals surface area contributed by atoms with Crippen LogP contribution in [0, 0.1) is 0 Å². The monoisotopic (exact) mass is 211 g/mol. The third kappa shape index (κ3) is 6.76. The highest BCUT2D eigenvalue weighted by Crippen LogP contribution is 2.06. The van der Waals surface area contributed by atoms with Crippen molar-refractivity contribution in [1.82, 2.24) is 0 Å². The van der Waals surface area contributed by atoms with Gasteiger partial charge in [-0.05, 0) is 24.3 Å². The van der Waals surface area contributed by atoms with Crippen LogP contribution in [0.4, 0.5) is 0 Å². The normalized spacial score (nSPS) is 12.8. The van der Waals surface area contributed by atoms with Gasteiger partial charge in [0.2, 0.25) is 0 Å². The van der Waals surface area contributed by atoms with Gasteiger partial charge in [-0.15, -0.1) is 11.6 Å². The van der Waals surface area contributed by atoms with E-state index < -0.39 is 12.0 Å². The Morgan fingerprint density at radius 1 is 1.58 bits per heavy atom. The Kier molecular flexibility index (Phi) is 7.75. The molecule has 72 valence electrons. The molecule has 0 aliphatic carbocycles. The van der Waals surface area contributed by atoms with Crippen LogP contribution in [0.2, 0.25) is 0 Å². The summed E-state index contributed by atoms with van der Waals surface area (Å²) in [6.07, 6.45) is 1.50. The molecule has 12 heavy (non-hydrogen) atoms. The number of carbonyl (C=O) groups is 1. The zero-order chi connectivity index (χ0) is 9.40. The lowest BCUT2D eigenvalue weighted by Crippen LogP contribution is -2.30. The predicted octanol–water partition coefficient (Wildman–Crippen LogP) is 1.15. The van der Waals surface area contributed by atoms with Gasteiger partial charge in [0.1, 0.15) is 6.04 Å². The Morgan fingerprint density at radius 2 is 2.25 bits per heavy atom. The zero-order valence-electron chi connectivity index (χ0n) is 6.83. The summed E-state index contributed by atoms with van der Waals surface area (Å²) in [6, 6.07) is -0.714. The molecule has 0 spiro atoms. The molecule has 0 aromatic heterocycles. The lowest BCUT2D eigenvalue weighted by Gasteiger charge is -2.04. The van der Waals surface area contributed by atoms with Crippen molar-refractivity contribution in [3.05, 3.63) is 0 Å². The van der Waals surface area contributed by atoms with E-state index in [1.165, 1.54) is 0 Å². The predicted molar refractivity (Wildman–Crippen MR) is 52.9 cm³/mol. The van der Waals surface area contributed by atoms with Crippen molar-refractivity contribution in [2.24, 2.45) is 5.73 Å². The highest BCUT2D eigenvalue weighted by atomic mass is 35.5. The quantitative estimate of drug-likeness (QED) is 0.490. The molecule has 3 nitrogen and oxygen atoms in total. The minimum Gasteiger partial charge on any atom is -0.480 e. The first-order valence-corrected chi connectivity index (χ1v) is 5.49. The van der Waals surface area contributed by atoms with E-state index in [1.54, 1.807) is 11.8 Å². The topological polar surface area (TPSA) is 63.3 Å². The van der Waals surface area contributed by atoms with Gasteiger partial charge in [0.25, 0.3) is 0 Å². The Balaban J connectivity index is 3.14. The van der Waals surface area contributed by atoms with Crippen LogP contribution in [0.5, 0.6) is 0 Å². The van der Waals surface area contributed by atoms with Gasteiger partial charge < -0.3 is 10.8 Å². The van der Waals surface area contributed by atoms with E-state index >= 15 is 0 Å². The summed E-state index contributed by atoms with van der Waals surface area (Å²) in [5.41, 5.74) is 5.29. The molecular weight excluding hydrogens is 198 g/mol. The fourth-order valence-corrected chi connectivity index (χ4v) is 1.86. The maximum atomic E-state index is 10.3. The van der Waals surface area contributed by atoms with E-state index in [1.807, 2.05) is 0 Å². The molecule has 0 rings (SSSR count). The average molecular weight is 212 g/mol. The molecule has 0 bridgehead atoms. The van der Waals surface area contributed by atoms with Crippen LogP contribution in [0.1, 0.15) is 12.8 Å². The third-order valence-corrected chi connectivity index (χ3v) is 2.68. The van der Waals surface area contributed by atoms with E-state index in [0.29, 0.717) is 12.3 Å². The van der Waals surface area contributed by atoms with Crippen LogP contribution < -0.4 is 5.73 Å². The number of halogens is 1. The second-order valence-corrected chi connectivity index (χ2v) is 3.99. The van der Waals surface area contributed by atoms with Gasteiger partial charge in [0, 0.05) is 5.88 Å². The maximum Gasteiger partial charge on any atom is 0.320 e. The van der Waals surface area contributed by atoms with Crippen LogP contribution in [0.25, 0.3) is 0 Å². The second kappa shape index (κ2) is 7.71. The van der Waals surface area contributed by atoms with Crippen molar-refractivity contribution < 1.29 is 9.90 Å². The van der Waals surface area contributed by atoms with Crippen LogP contribution in [-0.2, 0) is 4.79 Å². The van der Waals surface area contributed by atoms with Crippen molar-refractivity contribution in [1.29, 1.82) is 0 Å². The number of carboxylic acid groups (broad SMARTS) is 1. The zero-order valence-corrected chi connectivity index (χ0v) is 8.40. The fourth-order valence-electron chi connectivity index (χ4n) is 0.592. The SMILES string of the molecule is NC(CCSCCCCl)C(=O)O. The summed E-state index contributed by atoms with van der Waals surface area (Å²) < 4.78 is 0. The highest BCUT2D eigenvalue weighted by Gasteiger charge is 2.09. The van der Waals surface area contributed by atoms with Gasteiger partial charge in [0.05, 0.1) is 0 Å². The molecule has 3 N–H and O–H groups in total. The standard InChI is InChI=1S/C7H14ClNO2S/c8-3-1-4-12-5-2-6(9)7(10)11/h6H,1-5,9H2,(H,10,11). The number of hydrogen-bond acceptors (Lipinski definition) is 3. The molecule has 0 aromatic rings. The minimum absolute atomic E-state index is 0.530. The van der Waals surface area contributed by atoms with Crippen LogP contribution >= 0.6 is 23.4 Å². The van der Waals surface area contributed by atoms with Crippen LogP contribution in [-0.4, -0.2) is 34.5 Å². The van der Waals surface area contributed by atoms with Gasteiger partial charge in [-0.25, -0.2) is 0 Å². The van der Waals surface area contributed by atoms with E-state index in [4.69, 9.17) is 22.4 Å². The van der Waals surface area contributed by atoms with Gasteiger partial charge in [-0.3, -0.25) is 4.79 Å². The van der Waals surface area contributed by atoms with Crippen molar-refractivity contribution in [2.75, 3.05) is 17.4 Å². The first-order chi connectivity index (χ1) is 5.68. The Hall–Kier alpha value is 0.0700. The number of thioether (sulfide) groups is 1. The van der Waals surface area contributed by atoms with Crippen LogP contribution in [0.15, 0.2) is 0 Å². The summed E-state index contributed by atoms with van der Waals surface area (Å²) in [7, 11) is 0. The fraction of sp³-hybridized carbons (Fsp3) is 0.857. The van der Waals surface area contributed by atoms with E-state index in [-0.39, 0.29) is 0 Å². The number of hydrogen-bond donors (Lipinski definition) is 2. The van der Waals surface area contributed by atoms with Gasteiger partial charge in [-0.2, -0.15) is 11.8 Å². The van der Waals surface area contributed by atoms with Crippen LogP contribution in [0.3, 0.4) is 0 Å². The first kappa shape index (κ1) is 12.1. The van der Waals surface area contributed by atoms with Gasteiger partial charge in [0.15, 0.2) is 0 Å². The number of carboxylic acids is 1. The smallest absolute Gasteiger partial charge is 0.320 e. The summed E-state index contributed by atoms with van der Waals surface area (Å²) in [5.74, 6) is 1.52. The van der Waals surface area contributed by atoms with E-state index in [2.05, 4.69) is 0 Å². The number of alkyl halides is 1. The first-order valence-electron chi connectivity index (χ1n) is 3.80. The van der Waals surface area contributed by atoms with Crippen molar-refractivity contribution in [2.45, 2.75) is 18.9 Å². The largest absolute Gasteiger partial charge is 0.480 e. The number of rotatable bonds is 7. The lowest BCUT2D eigenvalue weighted by molar-refractivity contribution is -0.138.